The molecule has 0 fully saturated rings. The summed E-state index contributed by atoms with van der Waals surface area (Å²) < 4.78 is 60.6. The molecule has 0 amide bonds. The van der Waals surface area contributed by atoms with Gasteiger partial charge >= 0.3 is 33.6 Å². The molecular formula is C67H120O16P2. The van der Waals surface area contributed by atoms with Crippen molar-refractivity contribution in [3.63, 3.8) is 0 Å². The van der Waals surface area contributed by atoms with Gasteiger partial charge in [-0.05, 0) is 103 Å². The lowest BCUT2D eigenvalue weighted by molar-refractivity contribution is -0.161. The molecule has 0 aliphatic heterocycles. The van der Waals surface area contributed by atoms with E-state index in [4.69, 9.17) is 32.3 Å². The van der Waals surface area contributed by atoms with Crippen molar-refractivity contribution in [3.8, 4) is 0 Å². The van der Waals surface area contributed by atoms with Gasteiger partial charge < -0.3 is 34.2 Å². The SMILES string of the molecule is CCCC/C=C\CCCCCCCC(=O)OCC(COP(=O)(O)OCC(O)COP(=O)(O)OCC(O)COC(=O)CCCCCCCCCCCCC/C=C\C/C=C\C/C=C\C/C=C\CCCCC)OC(=O)CCCCCCC/C=C\CCCC. The smallest absolute Gasteiger partial charge is 0.463 e. The van der Waals surface area contributed by atoms with Crippen LogP contribution in [-0.4, -0.2) is 95.9 Å². The first-order valence-corrected chi connectivity index (χ1v) is 36.2. The van der Waals surface area contributed by atoms with Crippen LogP contribution < -0.4 is 0 Å². The third-order valence-electron chi connectivity index (χ3n) is 13.9. The normalized spacial score (nSPS) is 14.8. The van der Waals surface area contributed by atoms with Crippen molar-refractivity contribution in [3.05, 3.63) is 72.9 Å². The number of carbonyl (C=O) groups excluding carboxylic acids is 3. The Morgan fingerprint density at radius 1 is 0.329 bits per heavy atom. The van der Waals surface area contributed by atoms with E-state index in [0.717, 1.165) is 122 Å². The molecule has 5 atom stereocenters. The zero-order valence-electron chi connectivity index (χ0n) is 53.3. The maximum atomic E-state index is 12.8. The van der Waals surface area contributed by atoms with Gasteiger partial charge in [0, 0.05) is 19.3 Å². The van der Waals surface area contributed by atoms with Crippen LogP contribution >= 0.6 is 15.6 Å². The molecule has 0 saturated heterocycles. The zero-order chi connectivity index (χ0) is 62.4. The Kier molecular flexibility index (Phi) is 59.1. The van der Waals surface area contributed by atoms with Gasteiger partial charge in [-0.3, -0.25) is 32.5 Å². The average molecular weight is 1240 g/mol. The van der Waals surface area contributed by atoms with Gasteiger partial charge in [0.2, 0.25) is 0 Å². The second-order valence-electron chi connectivity index (χ2n) is 22.3. The van der Waals surface area contributed by atoms with Crippen LogP contribution in [0.4, 0.5) is 0 Å². The highest BCUT2D eigenvalue weighted by atomic mass is 31.2. The van der Waals surface area contributed by atoms with Crippen molar-refractivity contribution in [2.75, 3.05) is 39.6 Å². The molecule has 0 saturated carbocycles. The van der Waals surface area contributed by atoms with Crippen LogP contribution in [0.1, 0.15) is 278 Å². The fourth-order valence-electron chi connectivity index (χ4n) is 8.69. The van der Waals surface area contributed by atoms with E-state index >= 15 is 0 Å². The van der Waals surface area contributed by atoms with E-state index in [-0.39, 0.29) is 19.3 Å². The van der Waals surface area contributed by atoms with Crippen molar-refractivity contribution in [1.29, 1.82) is 0 Å². The largest absolute Gasteiger partial charge is 0.472 e. The van der Waals surface area contributed by atoms with Crippen LogP contribution in [0.15, 0.2) is 72.9 Å². The van der Waals surface area contributed by atoms with Crippen LogP contribution in [0.25, 0.3) is 0 Å². The van der Waals surface area contributed by atoms with Gasteiger partial charge in [-0.15, -0.1) is 0 Å². The van der Waals surface area contributed by atoms with Crippen LogP contribution in [0.3, 0.4) is 0 Å². The molecule has 0 aromatic carbocycles. The number of unbranched alkanes of at least 4 members (excludes halogenated alkanes) is 28. The van der Waals surface area contributed by atoms with E-state index < -0.39 is 91.5 Å². The molecule has 0 bridgehead atoms. The Morgan fingerprint density at radius 3 is 0.976 bits per heavy atom. The Balaban J connectivity index is 4.40. The number of allylic oxidation sites excluding steroid dienone is 12. The summed E-state index contributed by atoms with van der Waals surface area (Å²) in [5.41, 5.74) is 0. The molecule has 5 unspecified atom stereocenters. The number of phosphoric ester groups is 2. The van der Waals surface area contributed by atoms with E-state index in [1.54, 1.807) is 0 Å². The Bertz CT molecular complexity index is 1850. The summed E-state index contributed by atoms with van der Waals surface area (Å²) in [6, 6.07) is 0. The van der Waals surface area contributed by atoms with Crippen molar-refractivity contribution in [2.45, 2.75) is 296 Å². The quantitative estimate of drug-likeness (QED) is 0.0146. The molecule has 0 spiro atoms. The predicted octanol–water partition coefficient (Wildman–Crippen LogP) is 18.0. The number of ether oxygens (including phenoxy) is 3. The molecular weight excluding hydrogens is 1120 g/mol. The maximum Gasteiger partial charge on any atom is 0.472 e. The molecule has 18 heteroatoms. The second-order valence-corrected chi connectivity index (χ2v) is 25.2. The number of phosphoric acid groups is 2. The summed E-state index contributed by atoms with van der Waals surface area (Å²) >= 11 is 0. The van der Waals surface area contributed by atoms with Crippen LogP contribution in [-0.2, 0) is 55.8 Å². The highest BCUT2D eigenvalue weighted by molar-refractivity contribution is 7.47. The molecule has 4 N–H and O–H groups in total. The first-order valence-electron chi connectivity index (χ1n) is 33.2. The molecule has 0 aliphatic rings. The van der Waals surface area contributed by atoms with Crippen LogP contribution in [0, 0.1) is 0 Å². The van der Waals surface area contributed by atoms with E-state index in [2.05, 4.69) is 93.7 Å². The maximum absolute atomic E-state index is 12.8. The monoisotopic (exact) mass is 1240 g/mol. The number of carbonyl (C=O) groups is 3. The third-order valence-corrected chi connectivity index (χ3v) is 15.8. The summed E-state index contributed by atoms with van der Waals surface area (Å²) in [5.74, 6) is -1.60. The number of hydrogen-bond acceptors (Lipinski definition) is 14. The minimum absolute atomic E-state index is 0.0944. The first-order chi connectivity index (χ1) is 41.2. The number of esters is 3. The van der Waals surface area contributed by atoms with Gasteiger partial charge in [0.05, 0.1) is 26.4 Å². The lowest BCUT2D eigenvalue weighted by Crippen LogP contribution is -2.30. The molecule has 494 valence electrons. The lowest BCUT2D eigenvalue weighted by atomic mass is 10.0. The van der Waals surface area contributed by atoms with Gasteiger partial charge in [0.1, 0.15) is 25.4 Å². The minimum atomic E-state index is -4.91. The summed E-state index contributed by atoms with van der Waals surface area (Å²) in [6.45, 7) is 2.53. The third kappa shape index (κ3) is 62.4. The Hall–Kier alpha value is -3.01. The average Bonchev–Trinajstić information content (AvgIpc) is 3.56. The summed E-state index contributed by atoms with van der Waals surface area (Å²) in [6.07, 6.45) is 62.7. The predicted molar refractivity (Wildman–Crippen MR) is 344 cm³/mol. The number of aliphatic hydroxyl groups is 2. The molecule has 0 heterocycles. The molecule has 85 heavy (non-hydrogen) atoms. The topological polar surface area (TPSA) is 231 Å². The van der Waals surface area contributed by atoms with Gasteiger partial charge in [0.15, 0.2) is 6.10 Å². The Labute approximate surface area is 515 Å². The van der Waals surface area contributed by atoms with Crippen molar-refractivity contribution in [1.82, 2.24) is 0 Å². The zero-order valence-corrected chi connectivity index (χ0v) is 55.1. The van der Waals surface area contributed by atoms with Crippen LogP contribution in [0.5, 0.6) is 0 Å². The highest BCUT2D eigenvalue weighted by Crippen LogP contribution is 2.45. The van der Waals surface area contributed by atoms with Gasteiger partial charge in [0.25, 0.3) is 0 Å². The van der Waals surface area contributed by atoms with E-state index in [1.165, 1.54) is 96.3 Å². The second kappa shape index (κ2) is 61.2. The van der Waals surface area contributed by atoms with Gasteiger partial charge in [-0.1, -0.05) is 229 Å². The van der Waals surface area contributed by atoms with Gasteiger partial charge in [-0.2, -0.15) is 0 Å². The minimum Gasteiger partial charge on any atom is -0.463 e. The molecule has 0 aliphatic carbocycles. The molecule has 0 radical (unpaired) electrons. The van der Waals surface area contributed by atoms with E-state index in [1.807, 2.05) is 0 Å². The highest BCUT2D eigenvalue weighted by Gasteiger charge is 2.29. The fourth-order valence-corrected chi connectivity index (χ4v) is 10.3. The van der Waals surface area contributed by atoms with Crippen molar-refractivity contribution >= 4 is 33.6 Å². The summed E-state index contributed by atoms with van der Waals surface area (Å²) in [5, 5.41) is 20.5. The molecule has 0 rings (SSSR count). The van der Waals surface area contributed by atoms with E-state index in [9.17, 15) is 43.5 Å². The van der Waals surface area contributed by atoms with Crippen molar-refractivity contribution < 1.29 is 75.8 Å². The molecule has 0 aromatic heterocycles. The standard InChI is InChI=1S/C67H120O16P2/c1-4-7-10-13-16-19-22-23-24-25-26-27-28-29-30-31-32-33-34-35-36-37-40-42-44-47-50-53-65(70)77-56-62(68)57-79-84(73,74)80-58-63(69)59-81-85(75,76)82-61-64(83-67(72)55-52-49-46-43-39-21-18-15-12-9-6-3)60-78-66(71)54-51-48-45-41-38-20-17-14-11-8-5-2/h14-19,23-24,26-27,29-30,62-64,68-69H,4-13,20-22,25,28,31-61H2,1-3H3,(H,73,74)(H,75,76)/b17-14-,18-15-,19-16-,24-23-,27-26-,30-29-. The fraction of sp³-hybridized carbons (Fsp3) is 0.776. The van der Waals surface area contributed by atoms with Gasteiger partial charge in [-0.25, -0.2) is 9.13 Å². The number of rotatable bonds is 63. The molecule has 16 nitrogen and oxygen atoms in total. The first kappa shape index (κ1) is 82.0. The van der Waals surface area contributed by atoms with E-state index in [0.29, 0.717) is 19.3 Å². The lowest BCUT2D eigenvalue weighted by Gasteiger charge is -2.21. The van der Waals surface area contributed by atoms with Crippen LogP contribution in [0.2, 0.25) is 0 Å². The van der Waals surface area contributed by atoms with Crippen molar-refractivity contribution in [2.24, 2.45) is 0 Å². The summed E-state index contributed by atoms with van der Waals surface area (Å²) in [4.78, 5) is 58.1. The number of hydrogen-bond donors (Lipinski definition) is 4. The molecule has 0 aromatic rings. The number of aliphatic hydroxyl groups excluding tert-OH is 2. The summed E-state index contributed by atoms with van der Waals surface area (Å²) in [7, 11) is -9.76. The Morgan fingerprint density at radius 2 is 0.600 bits per heavy atom.